The lowest BCUT2D eigenvalue weighted by molar-refractivity contribution is -0.384. The summed E-state index contributed by atoms with van der Waals surface area (Å²) in [5.41, 5.74) is 0.721. The Labute approximate surface area is 142 Å². The van der Waals surface area contributed by atoms with Crippen LogP contribution in [0, 0.1) is 33.3 Å². The highest BCUT2D eigenvalue weighted by Gasteiger charge is 2.53. The number of benzene rings is 1. The number of nitro benzene ring substituents is 1. The highest BCUT2D eigenvalue weighted by atomic mass is 16.6. The van der Waals surface area contributed by atoms with E-state index in [-0.39, 0.29) is 17.5 Å². The number of nitrogens with zero attached hydrogens (tertiary/aromatic N) is 2. The predicted molar refractivity (Wildman–Crippen MR) is 92.4 cm³/mol. The van der Waals surface area contributed by atoms with Gasteiger partial charge in [0.25, 0.3) is 5.69 Å². The smallest absolute Gasteiger partial charge is 0.270 e. The first kappa shape index (κ1) is 15.6. The summed E-state index contributed by atoms with van der Waals surface area (Å²) in [5, 5.41) is 20.9. The van der Waals surface area contributed by atoms with Crippen molar-refractivity contribution in [3.05, 3.63) is 33.9 Å². The zero-order chi connectivity index (χ0) is 16.9. The van der Waals surface area contributed by atoms with Crippen LogP contribution in [0.4, 0.5) is 5.69 Å². The molecule has 0 amide bonds. The number of phenolic OH excluding ortho intramolecular Hbond substituents is 1. The number of rotatable bonds is 4. The van der Waals surface area contributed by atoms with Gasteiger partial charge >= 0.3 is 0 Å². The highest BCUT2D eigenvalue weighted by Crippen LogP contribution is 2.61. The molecule has 4 saturated carbocycles. The molecule has 5 nitrogen and oxygen atoms in total. The molecule has 0 aromatic heterocycles. The van der Waals surface area contributed by atoms with E-state index in [1.165, 1.54) is 56.7 Å². The van der Waals surface area contributed by atoms with Crippen LogP contribution in [0.15, 0.2) is 23.2 Å². The van der Waals surface area contributed by atoms with Gasteiger partial charge in [-0.15, -0.1) is 0 Å². The second kappa shape index (κ2) is 5.57. The lowest BCUT2D eigenvalue weighted by atomic mass is 9.48. The van der Waals surface area contributed by atoms with E-state index < -0.39 is 4.92 Å². The van der Waals surface area contributed by atoms with Gasteiger partial charge in [-0.1, -0.05) is 0 Å². The van der Waals surface area contributed by atoms with Crippen LogP contribution in [0.1, 0.15) is 51.0 Å². The third-order valence-electron chi connectivity index (χ3n) is 6.63. The van der Waals surface area contributed by atoms with Gasteiger partial charge in [0.1, 0.15) is 5.75 Å². The van der Waals surface area contributed by atoms with Crippen molar-refractivity contribution in [3.8, 4) is 5.75 Å². The molecule has 128 valence electrons. The summed E-state index contributed by atoms with van der Waals surface area (Å²) in [7, 11) is 0. The van der Waals surface area contributed by atoms with Crippen molar-refractivity contribution < 1.29 is 10.0 Å². The average molecular weight is 328 g/mol. The highest BCUT2D eigenvalue weighted by molar-refractivity contribution is 5.84. The van der Waals surface area contributed by atoms with Crippen LogP contribution in [-0.2, 0) is 0 Å². The minimum atomic E-state index is -0.445. The minimum absolute atomic E-state index is 0.0169. The van der Waals surface area contributed by atoms with Crippen LogP contribution in [0.2, 0.25) is 0 Å². The van der Waals surface area contributed by atoms with Gasteiger partial charge in [-0.2, -0.15) is 0 Å². The molecule has 1 aromatic rings. The first-order valence-electron chi connectivity index (χ1n) is 8.96. The van der Waals surface area contributed by atoms with E-state index in [0.29, 0.717) is 11.0 Å². The molecule has 1 aromatic carbocycles. The monoisotopic (exact) mass is 328 g/mol. The second-order valence-electron chi connectivity index (χ2n) is 8.23. The molecule has 5 heteroatoms. The minimum Gasteiger partial charge on any atom is -0.507 e. The van der Waals surface area contributed by atoms with Crippen LogP contribution in [-0.4, -0.2) is 22.3 Å². The Kier molecular flexibility index (Phi) is 3.62. The van der Waals surface area contributed by atoms with Gasteiger partial charge in [0, 0.05) is 23.9 Å². The van der Waals surface area contributed by atoms with E-state index in [9.17, 15) is 15.2 Å². The first-order valence-corrected chi connectivity index (χ1v) is 8.96. The van der Waals surface area contributed by atoms with E-state index in [4.69, 9.17) is 4.99 Å². The lowest BCUT2D eigenvalue weighted by Crippen LogP contribution is -2.50. The third kappa shape index (κ3) is 2.60. The van der Waals surface area contributed by atoms with Gasteiger partial charge in [-0.05, 0) is 74.7 Å². The van der Waals surface area contributed by atoms with E-state index in [0.717, 1.165) is 17.8 Å². The molecule has 1 atom stereocenters. The molecule has 24 heavy (non-hydrogen) atoms. The summed E-state index contributed by atoms with van der Waals surface area (Å²) in [4.78, 5) is 15.2. The fourth-order valence-corrected chi connectivity index (χ4v) is 5.80. The van der Waals surface area contributed by atoms with Crippen molar-refractivity contribution in [1.29, 1.82) is 0 Å². The van der Waals surface area contributed by atoms with E-state index in [1.54, 1.807) is 6.21 Å². The normalized spacial score (nSPS) is 35.5. The number of nitro groups is 1. The Morgan fingerprint density at radius 2 is 1.83 bits per heavy atom. The molecular formula is C19H24N2O3. The van der Waals surface area contributed by atoms with E-state index in [1.807, 2.05) is 0 Å². The van der Waals surface area contributed by atoms with Crippen molar-refractivity contribution in [1.82, 2.24) is 0 Å². The molecule has 0 unspecified atom stereocenters. The van der Waals surface area contributed by atoms with Crippen molar-refractivity contribution in [3.63, 3.8) is 0 Å². The van der Waals surface area contributed by atoms with Gasteiger partial charge in [0.2, 0.25) is 0 Å². The zero-order valence-corrected chi connectivity index (χ0v) is 14.0. The van der Waals surface area contributed by atoms with Gasteiger partial charge in [-0.3, -0.25) is 15.1 Å². The molecule has 0 aliphatic heterocycles. The number of aromatic hydroxyl groups is 1. The topological polar surface area (TPSA) is 75.7 Å². The SMILES string of the molecule is C[C@@H](N=Cc1cc([N+](=O)[O-])ccc1O)C12CC3CC(CC(C3)C1)C2. The average Bonchev–Trinajstić information content (AvgIpc) is 2.52. The zero-order valence-electron chi connectivity index (χ0n) is 14.0. The Balaban J connectivity index is 1.56. The molecular weight excluding hydrogens is 304 g/mol. The van der Waals surface area contributed by atoms with Gasteiger partial charge in [0.15, 0.2) is 0 Å². The maximum Gasteiger partial charge on any atom is 0.270 e. The second-order valence-corrected chi connectivity index (χ2v) is 8.23. The molecule has 5 rings (SSSR count). The molecule has 4 fully saturated rings. The Hall–Kier alpha value is -1.91. The summed E-state index contributed by atoms with van der Waals surface area (Å²) in [6.45, 7) is 2.18. The fourth-order valence-electron chi connectivity index (χ4n) is 5.80. The van der Waals surface area contributed by atoms with Crippen molar-refractivity contribution in [2.45, 2.75) is 51.5 Å². The summed E-state index contributed by atoms with van der Waals surface area (Å²) >= 11 is 0. The molecule has 0 heterocycles. The number of hydrogen-bond acceptors (Lipinski definition) is 4. The lowest BCUT2D eigenvalue weighted by Gasteiger charge is -2.58. The van der Waals surface area contributed by atoms with E-state index >= 15 is 0 Å². The molecule has 0 saturated heterocycles. The van der Waals surface area contributed by atoms with Crippen molar-refractivity contribution in [2.24, 2.45) is 28.2 Å². The summed E-state index contributed by atoms with van der Waals surface area (Å²) in [6.07, 6.45) is 9.67. The van der Waals surface area contributed by atoms with Crippen LogP contribution in [0.25, 0.3) is 0 Å². The van der Waals surface area contributed by atoms with Gasteiger partial charge < -0.3 is 5.11 Å². The molecule has 4 aliphatic rings. The molecule has 0 radical (unpaired) electrons. The van der Waals surface area contributed by atoms with Crippen LogP contribution in [0.5, 0.6) is 5.75 Å². The standard InChI is InChI=1S/C19H24N2O3/c1-12(19-8-13-4-14(9-19)6-15(5-13)10-19)20-11-16-7-17(21(23)24)2-3-18(16)22/h2-3,7,11-15,22H,4-6,8-10H2,1H3/t12-,13?,14?,15?,19?/m1/s1. The molecule has 4 bridgehead atoms. The third-order valence-corrected chi connectivity index (χ3v) is 6.63. The molecule has 4 aliphatic carbocycles. The quantitative estimate of drug-likeness (QED) is 0.508. The number of aliphatic imine (C=N–C) groups is 1. The Bertz CT molecular complexity index is 663. The van der Waals surface area contributed by atoms with E-state index in [2.05, 4.69) is 6.92 Å². The summed E-state index contributed by atoms with van der Waals surface area (Å²) in [5.74, 6) is 2.67. The number of phenols is 1. The molecule has 0 spiro atoms. The number of hydrogen-bond donors (Lipinski definition) is 1. The summed E-state index contributed by atoms with van der Waals surface area (Å²) < 4.78 is 0. The Morgan fingerprint density at radius 1 is 1.25 bits per heavy atom. The molecule has 1 N–H and O–H groups in total. The maximum atomic E-state index is 10.9. The van der Waals surface area contributed by atoms with Crippen molar-refractivity contribution in [2.75, 3.05) is 0 Å². The van der Waals surface area contributed by atoms with Crippen molar-refractivity contribution >= 4 is 11.9 Å². The first-order chi connectivity index (χ1) is 11.4. The van der Waals surface area contributed by atoms with Crippen LogP contribution < -0.4 is 0 Å². The fraction of sp³-hybridized carbons (Fsp3) is 0.632. The van der Waals surface area contributed by atoms with Gasteiger partial charge in [0.05, 0.1) is 11.0 Å². The summed E-state index contributed by atoms with van der Waals surface area (Å²) in [6, 6.07) is 4.28. The number of non-ortho nitro benzene ring substituents is 1. The van der Waals surface area contributed by atoms with Crippen LogP contribution in [0.3, 0.4) is 0 Å². The van der Waals surface area contributed by atoms with Gasteiger partial charge in [-0.25, -0.2) is 0 Å². The predicted octanol–water partition coefficient (Wildman–Crippen LogP) is 4.32. The van der Waals surface area contributed by atoms with Crippen LogP contribution >= 0.6 is 0 Å². The maximum absolute atomic E-state index is 10.9. The largest absolute Gasteiger partial charge is 0.507 e. The Morgan fingerprint density at radius 3 is 2.38 bits per heavy atom.